The number of aromatic amines is 1. The van der Waals surface area contributed by atoms with Gasteiger partial charge in [0.25, 0.3) is 0 Å². The first-order valence-corrected chi connectivity index (χ1v) is 9.47. The van der Waals surface area contributed by atoms with Gasteiger partial charge in [-0.15, -0.1) is 0 Å². The number of aromatic nitrogens is 4. The summed E-state index contributed by atoms with van der Waals surface area (Å²) in [5.41, 5.74) is 5.38. The number of hydrogen-bond donors (Lipinski definition) is 2. The molecule has 4 aromatic heterocycles. The van der Waals surface area contributed by atoms with Gasteiger partial charge in [0.2, 0.25) is 5.95 Å². The number of anilines is 2. The van der Waals surface area contributed by atoms with Crippen molar-refractivity contribution < 1.29 is 4.39 Å². The summed E-state index contributed by atoms with van der Waals surface area (Å²) in [5.74, 6) is 0.619. The molecule has 0 amide bonds. The summed E-state index contributed by atoms with van der Waals surface area (Å²) in [5, 5.41) is 4.14. The number of rotatable bonds is 5. The first-order chi connectivity index (χ1) is 13.7. The van der Waals surface area contributed by atoms with E-state index in [2.05, 4.69) is 31.3 Å². The van der Waals surface area contributed by atoms with E-state index in [1.807, 2.05) is 31.5 Å². The molecule has 0 radical (unpaired) electrons. The molecular formula is C22H20FN5. The number of nitrogens with zero attached hydrogens (tertiary/aromatic N) is 3. The Hall–Kier alpha value is -3.28. The maximum atomic E-state index is 14.6. The fourth-order valence-corrected chi connectivity index (χ4v) is 3.43. The Labute approximate surface area is 162 Å². The lowest BCUT2D eigenvalue weighted by Crippen LogP contribution is -2.00. The highest BCUT2D eigenvalue weighted by Crippen LogP contribution is 2.39. The molecule has 0 atom stereocenters. The second-order valence-corrected chi connectivity index (χ2v) is 7.42. The number of aryl methyl sites for hydroxylation is 1. The van der Waals surface area contributed by atoms with Gasteiger partial charge in [0, 0.05) is 41.4 Å². The molecule has 0 saturated heterocycles. The van der Waals surface area contributed by atoms with Crippen molar-refractivity contribution in [2.75, 3.05) is 5.32 Å². The summed E-state index contributed by atoms with van der Waals surface area (Å²) in [6, 6.07) is 9.63. The van der Waals surface area contributed by atoms with E-state index < -0.39 is 5.95 Å². The van der Waals surface area contributed by atoms with Crippen molar-refractivity contribution in [3.05, 3.63) is 77.3 Å². The Morgan fingerprint density at radius 1 is 1.11 bits per heavy atom. The van der Waals surface area contributed by atoms with Gasteiger partial charge in [-0.05, 0) is 55.2 Å². The van der Waals surface area contributed by atoms with Crippen LogP contribution < -0.4 is 5.32 Å². The molecular weight excluding hydrogens is 353 g/mol. The Morgan fingerprint density at radius 2 is 2.00 bits per heavy atom. The normalized spacial score (nSPS) is 13.8. The molecule has 5 nitrogen and oxygen atoms in total. The topological polar surface area (TPSA) is 66.5 Å². The number of halogens is 1. The van der Waals surface area contributed by atoms with Crippen LogP contribution in [-0.4, -0.2) is 19.9 Å². The maximum absolute atomic E-state index is 14.6. The lowest BCUT2D eigenvalue weighted by atomic mass is 10.1. The predicted octanol–water partition coefficient (Wildman–Crippen LogP) is 5.01. The molecule has 0 aliphatic heterocycles. The van der Waals surface area contributed by atoms with E-state index in [0.29, 0.717) is 23.7 Å². The monoisotopic (exact) mass is 373 g/mol. The van der Waals surface area contributed by atoms with Crippen LogP contribution in [0.5, 0.6) is 0 Å². The van der Waals surface area contributed by atoms with Crippen LogP contribution in [-0.2, 0) is 6.42 Å². The van der Waals surface area contributed by atoms with Crippen molar-refractivity contribution in [2.45, 2.75) is 32.1 Å². The number of fused-ring (bicyclic) bond motifs is 1. The molecule has 0 aromatic carbocycles. The van der Waals surface area contributed by atoms with Crippen LogP contribution in [0.4, 0.5) is 15.9 Å². The summed E-state index contributed by atoms with van der Waals surface area (Å²) in [6.07, 6.45) is 8.39. The minimum Gasteiger partial charge on any atom is -0.346 e. The molecule has 1 aliphatic rings. The standard InChI is InChI=1S/C22H20FN5/c1-13-8-18-16(11-26-22(18)25-10-13)9-15-4-7-20(28-21(15)23)27-17-5-6-19(24-12-17)14-2-3-14/h4-8,10-12,14H,2-3,9H2,1H3,(H,25,26)(H,27,28). The van der Waals surface area contributed by atoms with E-state index in [-0.39, 0.29) is 0 Å². The van der Waals surface area contributed by atoms with Crippen LogP contribution in [0.1, 0.15) is 41.1 Å². The zero-order valence-electron chi connectivity index (χ0n) is 15.5. The molecule has 4 aromatic rings. The zero-order chi connectivity index (χ0) is 19.1. The molecule has 2 N–H and O–H groups in total. The Morgan fingerprint density at radius 3 is 2.75 bits per heavy atom. The summed E-state index contributed by atoms with van der Waals surface area (Å²) in [6.45, 7) is 2.00. The van der Waals surface area contributed by atoms with Gasteiger partial charge in [0.15, 0.2) is 0 Å². The van der Waals surface area contributed by atoms with Crippen LogP contribution in [0, 0.1) is 12.9 Å². The van der Waals surface area contributed by atoms with Crippen LogP contribution in [0.3, 0.4) is 0 Å². The van der Waals surface area contributed by atoms with Crippen molar-refractivity contribution in [1.82, 2.24) is 19.9 Å². The third kappa shape index (κ3) is 3.33. The lowest BCUT2D eigenvalue weighted by Gasteiger charge is -2.08. The fourth-order valence-electron chi connectivity index (χ4n) is 3.43. The molecule has 0 bridgehead atoms. The molecule has 1 fully saturated rings. The molecule has 5 rings (SSSR count). The Bertz CT molecular complexity index is 1150. The van der Waals surface area contributed by atoms with E-state index in [9.17, 15) is 4.39 Å². The van der Waals surface area contributed by atoms with E-state index in [4.69, 9.17) is 0 Å². The maximum Gasteiger partial charge on any atom is 0.218 e. The average molecular weight is 373 g/mol. The molecule has 4 heterocycles. The average Bonchev–Trinajstić information content (AvgIpc) is 3.47. The highest BCUT2D eigenvalue weighted by Gasteiger charge is 2.24. The molecule has 140 valence electrons. The first-order valence-electron chi connectivity index (χ1n) is 9.47. The van der Waals surface area contributed by atoms with Gasteiger partial charge in [0.05, 0.1) is 11.9 Å². The number of H-pyrrole nitrogens is 1. The third-order valence-electron chi connectivity index (χ3n) is 5.11. The Kier molecular flexibility index (Phi) is 4.04. The fraction of sp³-hybridized carbons (Fsp3) is 0.227. The van der Waals surface area contributed by atoms with Gasteiger partial charge in [0.1, 0.15) is 11.5 Å². The number of pyridine rings is 3. The molecule has 0 unspecified atom stereocenters. The van der Waals surface area contributed by atoms with Crippen molar-refractivity contribution in [3.8, 4) is 0 Å². The molecule has 1 saturated carbocycles. The minimum absolute atomic E-state index is 0.460. The smallest absolute Gasteiger partial charge is 0.218 e. The lowest BCUT2D eigenvalue weighted by molar-refractivity contribution is 0.572. The van der Waals surface area contributed by atoms with Crippen molar-refractivity contribution in [2.24, 2.45) is 0 Å². The van der Waals surface area contributed by atoms with Crippen LogP contribution in [0.2, 0.25) is 0 Å². The van der Waals surface area contributed by atoms with Crippen LogP contribution in [0.15, 0.2) is 48.9 Å². The van der Waals surface area contributed by atoms with Crippen molar-refractivity contribution in [3.63, 3.8) is 0 Å². The summed E-state index contributed by atoms with van der Waals surface area (Å²) in [4.78, 5) is 16.1. The molecule has 6 heteroatoms. The van der Waals surface area contributed by atoms with Gasteiger partial charge in [-0.25, -0.2) is 9.97 Å². The van der Waals surface area contributed by atoms with Gasteiger partial charge in [-0.2, -0.15) is 4.39 Å². The summed E-state index contributed by atoms with van der Waals surface area (Å²) in [7, 11) is 0. The number of nitrogens with one attached hydrogen (secondary N) is 2. The summed E-state index contributed by atoms with van der Waals surface area (Å²) >= 11 is 0. The van der Waals surface area contributed by atoms with E-state index >= 15 is 0 Å². The number of hydrogen-bond acceptors (Lipinski definition) is 4. The van der Waals surface area contributed by atoms with Gasteiger partial charge in [-0.1, -0.05) is 6.07 Å². The Balaban J connectivity index is 1.34. The predicted molar refractivity (Wildman–Crippen MR) is 107 cm³/mol. The second-order valence-electron chi connectivity index (χ2n) is 7.42. The van der Waals surface area contributed by atoms with E-state index in [1.54, 1.807) is 18.3 Å². The highest BCUT2D eigenvalue weighted by atomic mass is 19.1. The largest absolute Gasteiger partial charge is 0.346 e. The zero-order valence-corrected chi connectivity index (χ0v) is 15.5. The van der Waals surface area contributed by atoms with Gasteiger partial charge in [-0.3, -0.25) is 4.98 Å². The van der Waals surface area contributed by atoms with E-state index in [1.165, 1.54) is 12.8 Å². The minimum atomic E-state index is -0.470. The SMILES string of the molecule is Cc1cnc2[nH]cc(Cc3ccc(Nc4ccc(C5CC5)nc4)nc3F)c2c1. The van der Waals surface area contributed by atoms with Crippen LogP contribution in [0.25, 0.3) is 11.0 Å². The summed E-state index contributed by atoms with van der Waals surface area (Å²) < 4.78 is 14.6. The highest BCUT2D eigenvalue weighted by molar-refractivity contribution is 5.80. The molecule has 28 heavy (non-hydrogen) atoms. The van der Waals surface area contributed by atoms with Gasteiger partial charge >= 0.3 is 0 Å². The third-order valence-corrected chi connectivity index (χ3v) is 5.11. The first kappa shape index (κ1) is 16.9. The van der Waals surface area contributed by atoms with Crippen LogP contribution >= 0.6 is 0 Å². The van der Waals surface area contributed by atoms with E-state index in [0.717, 1.165) is 33.5 Å². The molecule has 1 aliphatic carbocycles. The van der Waals surface area contributed by atoms with Crippen molar-refractivity contribution >= 4 is 22.5 Å². The quantitative estimate of drug-likeness (QED) is 0.483. The molecule has 0 spiro atoms. The van der Waals surface area contributed by atoms with Gasteiger partial charge < -0.3 is 10.3 Å². The van der Waals surface area contributed by atoms with Crippen molar-refractivity contribution in [1.29, 1.82) is 0 Å². The second kappa shape index (κ2) is 6.71.